The number of rotatable bonds is 3. The molecule has 1 amide bonds. The van der Waals surface area contributed by atoms with Gasteiger partial charge in [0.2, 0.25) is 0 Å². The van der Waals surface area contributed by atoms with E-state index in [0.717, 1.165) is 30.0 Å². The van der Waals surface area contributed by atoms with Crippen molar-refractivity contribution in [3.05, 3.63) is 28.5 Å². The highest BCUT2D eigenvalue weighted by atomic mass is 79.9. The fourth-order valence-corrected chi connectivity index (χ4v) is 2.68. The fraction of sp³-hybridized carbons (Fsp3) is 0.538. The summed E-state index contributed by atoms with van der Waals surface area (Å²) < 4.78 is 0.889. The van der Waals surface area contributed by atoms with Gasteiger partial charge in [0, 0.05) is 35.8 Å². The summed E-state index contributed by atoms with van der Waals surface area (Å²) >= 11 is 3.31. The third kappa shape index (κ3) is 2.72. The van der Waals surface area contributed by atoms with Gasteiger partial charge >= 0.3 is 0 Å². The maximum absolute atomic E-state index is 12.0. The minimum absolute atomic E-state index is 0.0647. The number of halogens is 1. The molecular weight excluding hydrogens is 294 g/mol. The highest BCUT2D eigenvalue weighted by Gasteiger charge is 2.34. The first-order valence-corrected chi connectivity index (χ1v) is 7.18. The number of nitrogens with zero attached hydrogens (tertiary/aromatic N) is 2. The number of pyridine rings is 1. The first-order chi connectivity index (χ1) is 8.72. The zero-order valence-corrected chi connectivity index (χ0v) is 11.7. The molecule has 0 bridgehead atoms. The summed E-state index contributed by atoms with van der Waals surface area (Å²) in [7, 11) is 0. The zero-order valence-electron chi connectivity index (χ0n) is 10.1. The number of hydrogen-bond acceptors (Lipinski definition) is 3. The Morgan fingerprint density at radius 3 is 2.89 bits per heavy atom. The summed E-state index contributed by atoms with van der Waals surface area (Å²) in [4.78, 5) is 18.6. The van der Waals surface area contributed by atoms with Crippen LogP contribution in [0.2, 0.25) is 0 Å². The van der Waals surface area contributed by atoms with Crippen molar-refractivity contribution in [1.82, 2.24) is 15.2 Å². The molecule has 0 aromatic carbocycles. The monoisotopic (exact) mass is 309 g/mol. The minimum atomic E-state index is -0.0647. The van der Waals surface area contributed by atoms with Gasteiger partial charge in [-0.3, -0.25) is 9.69 Å². The van der Waals surface area contributed by atoms with Crippen LogP contribution in [0.3, 0.4) is 0 Å². The molecule has 4 nitrogen and oxygen atoms in total. The number of amides is 1. The van der Waals surface area contributed by atoms with Gasteiger partial charge in [-0.1, -0.05) is 0 Å². The van der Waals surface area contributed by atoms with Gasteiger partial charge in [-0.2, -0.15) is 0 Å². The average Bonchev–Trinajstić information content (AvgIpc) is 3.11. The van der Waals surface area contributed by atoms with E-state index in [0.29, 0.717) is 5.69 Å². The van der Waals surface area contributed by atoms with Crippen molar-refractivity contribution >= 4 is 21.8 Å². The number of carbonyl (C=O) groups excluding carboxylic acids is 1. The van der Waals surface area contributed by atoms with Crippen LogP contribution in [-0.2, 0) is 0 Å². The van der Waals surface area contributed by atoms with Gasteiger partial charge in [0.25, 0.3) is 5.91 Å². The van der Waals surface area contributed by atoms with E-state index >= 15 is 0 Å². The molecule has 1 unspecified atom stereocenters. The topological polar surface area (TPSA) is 45.2 Å². The Morgan fingerprint density at radius 1 is 1.39 bits per heavy atom. The lowest BCUT2D eigenvalue weighted by Gasteiger charge is -2.15. The molecule has 96 valence electrons. The van der Waals surface area contributed by atoms with Crippen LogP contribution in [0.5, 0.6) is 0 Å². The molecule has 0 radical (unpaired) electrons. The minimum Gasteiger partial charge on any atom is -0.347 e. The number of aromatic nitrogens is 1. The van der Waals surface area contributed by atoms with Crippen molar-refractivity contribution in [2.75, 3.05) is 13.1 Å². The Balaban J connectivity index is 1.56. The normalized spacial score (nSPS) is 24.2. The largest absolute Gasteiger partial charge is 0.347 e. The number of nitrogens with one attached hydrogen (secondary N) is 1. The quantitative estimate of drug-likeness (QED) is 0.926. The van der Waals surface area contributed by atoms with Crippen LogP contribution in [0.15, 0.2) is 22.8 Å². The van der Waals surface area contributed by atoms with Crippen LogP contribution in [0.1, 0.15) is 29.8 Å². The van der Waals surface area contributed by atoms with Crippen molar-refractivity contribution in [3.63, 3.8) is 0 Å². The van der Waals surface area contributed by atoms with E-state index in [1.807, 2.05) is 6.07 Å². The van der Waals surface area contributed by atoms with Crippen LogP contribution < -0.4 is 5.32 Å². The Morgan fingerprint density at radius 2 is 2.22 bits per heavy atom. The molecule has 1 N–H and O–H groups in total. The van der Waals surface area contributed by atoms with E-state index in [1.54, 1.807) is 12.3 Å². The molecule has 1 aliphatic heterocycles. The summed E-state index contributed by atoms with van der Waals surface area (Å²) in [6.07, 6.45) is 5.36. The molecule has 3 rings (SSSR count). The molecule has 2 aliphatic rings. The lowest BCUT2D eigenvalue weighted by atomic mass is 10.2. The van der Waals surface area contributed by atoms with Gasteiger partial charge in [-0.05, 0) is 47.3 Å². The number of likely N-dealkylation sites (tertiary alicyclic amines) is 1. The first-order valence-electron chi connectivity index (χ1n) is 6.39. The SMILES string of the molecule is O=C(NC1CCN(C2CC2)C1)c1ccc(Br)cn1. The number of carbonyl (C=O) groups is 1. The molecule has 1 aliphatic carbocycles. The molecule has 2 fully saturated rings. The second kappa shape index (κ2) is 4.97. The maximum atomic E-state index is 12.0. The molecule has 1 saturated carbocycles. The van der Waals surface area contributed by atoms with Gasteiger partial charge in [-0.15, -0.1) is 0 Å². The molecule has 1 saturated heterocycles. The first kappa shape index (κ1) is 12.1. The third-order valence-corrected chi connectivity index (χ3v) is 4.05. The highest BCUT2D eigenvalue weighted by molar-refractivity contribution is 9.10. The van der Waals surface area contributed by atoms with E-state index in [-0.39, 0.29) is 11.9 Å². The lowest BCUT2D eigenvalue weighted by Crippen LogP contribution is -2.37. The fourth-order valence-electron chi connectivity index (χ4n) is 2.45. The van der Waals surface area contributed by atoms with E-state index in [4.69, 9.17) is 0 Å². The smallest absolute Gasteiger partial charge is 0.270 e. The van der Waals surface area contributed by atoms with Crippen molar-refractivity contribution in [1.29, 1.82) is 0 Å². The van der Waals surface area contributed by atoms with Crippen molar-refractivity contribution < 1.29 is 4.79 Å². The van der Waals surface area contributed by atoms with Crippen molar-refractivity contribution in [3.8, 4) is 0 Å². The molecule has 2 heterocycles. The Kier molecular flexibility index (Phi) is 3.35. The van der Waals surface area contributed by atoms with Gasteiger partial charge in [0.1, 0.15) is 5.69 Å². The summed E-state index contributed by atoms with van der Waals surface area (Å²) in [5, 5.41) is 3.07. The molecule has 0 spiro atoms. The summed E-state index contributed by atoms with van der Waals surface area (Å²) in [6, 6.07) is 4.65. The summed E-state index contributed by atoms with van der Waals surface area (Å²) in [5.74, 6) is -0.0647. The van der Waals surface area contributed by atoms with Crippen molar-refractivity contribution in [2.24, 2.45) is 0 Å². The molecule has 1 atom stereocenters. The zero-order chi connectivity index (χ0) is 12.5. The Labute approximate surface area is 115 Å². The van der Waals surface area contributed by atoms with Crippen LogP contribution in [0, 0.1) is 0 Å². The molecule has 18 heavy (non-hydrogen) atoms. The van der Waals surface area contributed by atoms with E-state index in [9.17, 15) is 4.79 Å². The second-order valence-corrected chi connectivity index (χ2v) is 5.96. The molecule has 1 aromatic rings. The third-order valence-electron chi connectivity index (χ3n) is 3.58. The summed E-state index contributed by atoms with van der Waals surface area (Å²) in [6.45, 7) is 2.11. The second-order valence-electron chi connectivity index (χ2n) is 5.05. The maximum Gasteiger partial charge on any atom is 0.270 e. The van der Waals surface area contributed by atoms with Crippen LogP contribution in [-0.4, -0.2) is 41.0 Å². The Hall–Kier alpha value is -0.940. The van der Waals surface area contributed by atoms with Crippen LogP contribution in [0.25, 0.3) is 0 Å². The predicted molar refractivity (Wildman–Crippen MR) is 72.4 cm³/mol. The lowest BCUT2D eigenvalue weighted by molar-refractivity contribution is 0.0932. The van der Waals surface area contributed by atoms with E-state index in [2.05, 4.69) is 31.1 Å². The summed E-state index contributed by atoms with van der Waals surface area (Å²) in [5.41, 5.74) is 0.489. The highest BCUT2D eigenvalue weighted by Crippen LogP contribution is 2.29. The van der Waals surface area contributed by atoms with E-state index in [1.165, 1.54) is 12.8 Å². The van der Waals surface area contributed by atoms with Crippen LogP contribution >= 0.6 is 15.9 Å². The predicted octanol–water partition coefficient (Wildman–Crippen LogP) is 1.81. The molecule has 5 heteroatoms. The van der Waals surface area contributed by atoms with Crippen molar-refractivity contribution in [2.45, 2.75) is 31.3 Å². The standard InChI is InChI=1S/C13H16BrN3O/c14-9-1-4-12(15-7-9)13(18)16-10-5-6-17(8-10)11-2-3-11/h1,4,7,10-11H,2-3,5-6,8H2,(H,16,18). The number of hydrogen-bond donors (Lipinski definition) is 1. The van der Waals surface area contributed by atoms with Gasteiger partial charge in [0.15, 0.2) is 0 Å². The van der Waals surface area contributed by atoms with Gasteiger partial charge in [0.05, 0.1) is 0 Å². The van der Waals surface area contributed by atoms with Gasteiger partial charge < -0.3 is 5.32 Å². The average molecular weight is 310 g/mol. The van der Waals surface area contributed by atoms with Crippen LogP contribution in [0.4, 0.5) is 0 Å². The Bertz CT molecular complexity index is 444. The molecule has 1 aromatic heterocycles. The van der Waals surface area contributed by atoms with E-state index < -0.39 is 0 Å². The van der Waals surface area contributed by atoms with Gasteiger partial charge in [-0.25, -0.2) is 4.98 Å². The molecular formula is C13H16BrN3O.